The van der Waals surface area contributed by atoms with Crippen LogP contribution >= 0.6 is 0 Å². The first kappa shape index (κ1) is 27.5. The maximum Gasteiger partial charge on any atom is 0.0780 e. The molecule has 0 saturated heterocycles. The lowest BCUT2D eigenvalue weighted by Gasteiger charge is -2.23. The molecule has 0 aliphatic rings. The van der Waals surface area contributed by atoms with E-state index >= 15 is 0 Å². The highest BCUT2D eigenvalue weighted by Crippen LogP contribution is 2.14. The van der Waals surface area contributed by atoms with E-state index in [2.05, 4.69) is 28.1 Å². The molecule has 2 heteroatoms. The molecule has 0 N–H and O–H groups in total. The Kier molecular flexibility index (Phi) is 22.6. The molecule has 25 heavy (non-hydrogen) atoms. The first-order valence-electron chi connectivity index (χ1n) is 11.4. The van der Waals surface area contributed by atoms with Gasteiger partial charge in [-0.1, -0.05) is 110 Å². The van der Waals surface area contributed by atoms with Gasteiger partial charge in [0.1, 0.15) is 0 Å². The van der Waals surface area contributed by atoms with E-state index in [0.29, 0.717) is 0 Å². The predicted molar refractivity (Wildman–Crippen MR) is 112 cm³/mol. The minimum Gasteiger partial charge on any atom is -1.00 e. The largest absolute Gasteiger partial charge is 1.00 e. The lowest BCUT2D eigenvalue weighted by molar-refractivity contribution is -0.870. The minimum atomic E-state index is 0. The summed E-state index contributed by atoms with van der Waals surface area (Å²) in [6.45, 7) is 3.63. The summed E-state index contributed by atoms with van der Waals surface area (Å²) in [4.78, 5) is 0. The topological polar surface area (TPSA) is 0 Å². The fraction of sp³-hybridized carbons (Fsp3) is 1.00. The zero-order valence-electron chi connectivity index (χ0n) is 18.3. The van der Waals surface area contributed by atoms with Gasteiger partial charge in [0, 0.05) is 0 Å². The number of rotatable bonds is 19. The van der Waals surface area contributed by atoms with Crippen LogP contribution in [0.5, 0.6) is 0 Å². The average molecular weight is 376 g/mol. The van der Waals surface area contributed by atoms with Gasteiger partial charge >= 0.3 is 0 Å². The molecular formula is C23H50ClN. The lowest BCUT2D eigenvalue weighted by Crippen LogP contribution is -3.00. The second-order valence-corrected chi connectivity index (χ2v) is 9.02. The summed E-state index contributed by atoms with van der Waals surface area (Å²) in [5.41, 5.74) is 0. The molecular weight excluding hydrogens is 326 g/mol. The number of unbranched alkanes of at least 4 members (excludes halogenated alkanes) is 17. The third-order valence-electron chi connectivity index (χ3n) is 5.18. The highest BCUT2D eigenvalue weighted by molar-refractivity contribution is 4.50. The quantitative estimate of drug-likeness (QED) is 0.226. The Morgan fingerprint density at radius 3 is 0.880 bits per heavy atom. The number of hydrogen-bond donors (Lipinski definition) is 0. The van der Waals surface area contributed by atoms with E-state index in [4.69, 9.17) is 0 Å². The SMILES string of the molecule is CCCCCCCCCCCCCCCCCCCC[N+](C)(C)C.[Cl-]. The van der Waals surface area contributed by atoms with Crippen LogP contribution in [0.15, 0.2) is 0 Å². The highest BCUT2D eigenvalue weighted by atomic mass is 35.5. The van der Waals surface area contributed by atoms with E-state index in [1.165, 1.54) is 122 Å². The number of hydrogen-bond acceptors (Lipinski definition) is 0. The van der Waals surface area contributed by atoms with Gasteiger partial charge in [0.2, 0.25) is 0 Å². The van der Waals surface area contributed by atoms with Crippen molar-refractivity contribution in [1.29, 1.82) is 0 Å². The summed E-state index contributed by atoms with van der Waals surface area (Å²) in [7, 11) is 6.90. The molecule has 0 aromatic heterocycles. The van der Waals surface area contributed by atoms with Gasteiger partial charge < -0.3 is 16.9 Å². The average Bonchev–Trinajstić information content (AvgIpc) is 2.52. The number of halogens is 1. The van der Waals surface area contributed by atoms with E-state index in [0.717, 1.165) is 4.48 Å². The third-order valence-corrected chi connectivity index (χ3v) is 5.18. The molecule has 0 aliphatic heterocycles. The molecule has 0 saturated carbocycles. The van der Waals surface area contributed by atoms with E-state index in [1.807, 2.05) is 0 Å². The van der Waals surface area contributed by atoms with Crippen LogP contribution in [0.1, 0.15) is 122 Å². The Morgan fingerprint density at radius 1 is 0.400 bits per heavy atom. The fourth-order valence-corrected chi connectivity index (χ4v) is 3.49. The second kappa shape index (κ2) is 20.6. The first-order valence-corrected chi connectivity index (χ1v) is 11.4. The van der Waals surface area contributed by atoms with Crippen molar-refractivity contribution < 1.29 is 16.9 Å². The van der Waals surface area contributed by atoms with Gasteiger partial charge in [-0.3, -0.25) is 0 Å². The van der Waals surface area contributed by atoms with Crippen molar-refractivity contribution >= 4 is 0 Å². The van der Waals surface area contributed by atoms with E-state index in [9.17, 15) is 0 Å². The van der Waals surface area contributed by atoms with Crippen LogP contribution in [0.2, 0.25) is 0 Å². The Hall–Kier alpha value is 0.250. The Labute approximate surface area is 167 Å². The van der Waals surface area contributed by atoms with Gasteiger partial charge in [-0.2, -0.15) is 0 Å². The van der Waals surface area contributed by atoms with Crippen molar-refractivity contribution in [3.8, 4) is 0 Å². The van der Waals surface area contributed by atoms with Gasteiger partial charge in [-0.05, 0) is 12.8 Å². The molecule has 0 aromatic carbocycles. The molecule has 1 nitrogen and oxygen atoms in total. The van der Waals surface area contributed by atoms with Crippen LogP contribution in [0.25, 0.3) is 0 Å². The highest BCUT2D eigenvalue weighted by Gasteiger charge is 2.04. The zero-order chi connectivity index (χ0) is 17.9. The van der Waals surface area contributed by atoms with Crippen molar-refractivity contribution in [2.75, 3.05) is 27.7 Å². The zero-order valence-corrected chi connectivity index (χ0v) is 19.0. The Morgan fingerprint density at radius 2 is 0.640 bits per heavy atom. The van der Waals surface area contributed by atoms with E-state index in [1.54, 1.807) is 0 Å². The maximum atomic E-state index is 2.30. The Bertz CT molecular complexity index is 235. The molecule has 154 valence electrons. The van der Waals surface area contributed by atoms with Crippen LogP contribution < -0.4 is 12.4 Å². The molecule has 0 aromatic rings. The lowest BCUT2D eigenvalue weighted by atomic mass is 10.0. The van der Waals surface area contributed by atoms with Gasteiger partial charge in [0.15, 0.2) is 0 Å². The summed E-state index contributed by atoms with van der Waals surface area (Å²) in [6.07, 6.45) is 26.3. The molecule has 0 unspecified atom stereocenters. The molecule has 0 heterocycles. The van der Waals surface area contributed by atoms with Crippen molar-refractivity contribution in [3.63, 3.8) is 0 Å². The van der Waals surface area contributed by atoms with Crippen LogP contribution in [0.3, 0.4) is 0 Å². The normalized spacial score (nSPS) is 11.5. The van der Waals surface area contributed by atoms with E-state index in [-0.39, 0.29) is 12.4 Å². The monoisotopic (exact) mass is 375 g/mol. The van der Waals surface area contributed by atoms with Crippen LogP contribution in [-0.2, 0) is 0 Å². The van der Waals surface area contributed by atoms with Crippen LogP contribution in [0.4, 0.5) is 0 Å². The summed E-state index contributed by atoms with van der Waals surface area (Å²) in [6, 6.07) is 0. The van der Waals surface area contributed by atoms with Crippen molar-refractivity contribution in [1.82, 2.24) is 0 Å². The molecule has 0 atom stereocenters. The van der Waals surface area contributed by atoms with Crippen LogP contribution in [0, 0.1) is 0 Å². The summed E-state index contributed by atoms with van der Waals surface area (Å²) in [5, 5.41) is 0. The third kappa shape index (κ3) is 26.6. The Balaban J connectivity index is 0. The smallest absolute Gasteiger partial charge is 0.0780 e. The molecule has 0 spiro atoms. The molecule has 0 rings (SSSR count). The van der Waals surface area contributed by atoms with Gasteiger partial charge in [-0.25, -0.2) is 0 Å². The number of nitrogens with zero attached hydrogens (tertiary/aromatic N) is 1. The molecule has 0 aliphatic carbocycles. The second-order valence-electron chi connectivity index (χ2n) is 9.02. The van der Waals surface area contributed by atoms with Gasteiger partial charge in [-0.15, -0.1) is 0 Å². The first-order chi connectivity index (χ1) is 11.6. The van der Waals surface area contributed by atoms with Gasteiger partial charge in [0.25, 0.3) is 0 Å². The molecule has 0 amide bonds. The summed E-state index contributed by atoms with van der Waals surface area (Å²) in [5.74, 6) is 0. The predicted octanol–water partition coefficient (Wildman–Crippen LogP) is 4.74. The summed E-state index contributed by atoms with van der Waals surface area (Å²) >= 11 is 0. The number of quaternary nitrogens is 1. The van der Waals surface area contributed by atoms with Crippen molar-refractivity contribution in [3.05, 3.63) is 0 Å². The minimum absolute atomic E-state index is 0. The van der Waals surface area contributed by atoms with Crippen LogP contribution in [-0.4, -0.2) is 32.2 Å². The van der Waals surface area contributed by atoms with Gasteiger partial charge in [0.05, 0.1) is 27.7 Å². The fourth-order valence-electron chi connectivity index (χ4n) is 3.49. The molecule has 0 fully saturated rings. The molecule has 0 radical (unpaired) electrons. The molecule has 0 bridgehead atoms. The maximum absolute atomic E-state index is 2.30. The van der Waals surface area contributed by atoms with E-state index < -0.39 is 0 Å². The van der Waals surface area contributed by atoms with Crippen molar-refractivity contribution in [2.45, 2.75) is 122 Å². The van der Waals surface area contributed by atoms with Crippen molar-refractivity contribution in [2.24, 2.45) is 0 Å². The summed E-state index contributed by atoms with van der Waals surface area (Å²) < 4.78 is 1.12. The standard InChI is InChI=1S/C23H50N.ClH/c1-5-6-7-8-9-10-11-12-13-14-15-16-17-18-19-20-21-22-23-24(2,3)4;/h5-23H2,1-4H3;1H/q+1;/p-1.